The number of hydrogen-bond donors (Lipinski definition) is 2. The average molecular weight is 480 g/mol. The molecule has 35 heavy (non-hydrogen) atoms. The van der Waals surface area contributed by atoms with Crippen LogP contribution in [-0.2, 0) is 14.4 Å². The molecule has 2 fully saturated rings. The number of anilines is 2. The maximum Gasteiger partial charge on any atom is 0.243 e. The molecule has 3 amide bonds. The van der Waals surface area contributed by atoms with Crippen LogP contribution in [0.4, 0.5) is 11.4 Å². The Hall–Kier alpha value is -3.59. The minimum atomic E-state index is -0.806. The van der Waals surface area contributed by atoms with Gasteiger partial charge in [-0.1, -0.05) is 23.8 Å². The Morgan fingerprint density at radius 2 is 1.80 bits per heavy atom. The highest BCUT2D eigenvalue weighted by molar-refractivity contribution is 5.97. The molecule has 0 bridgehead atoms. The molecule has 2 heterocycles. The van der Waals surface area contributed by atoms with Crippen molar-refractivity contribution in [3.05, 3.63) is 54.1 Å². The van der Waals surface area contributed by atoms with Crippen molar-refractivity contribution in [2.45, 2.75) is 19.4 Å². The second kappa shape index (κ2) is 11.2. The number of aryl methyl sites for hydroxylation is 1. The molecule has 1 atom stereocenters. The van der Waals surface area contributed by atoms with Crippen molar-refractivity contribution in [2.24, 2.45) is 0 Å². The Bertz CT molecular complexity index is 1050. The number of carbonyl (C=O) groups is 3. The molecular formula is C26H33N5O4. The van der Waals surface area contributed by atoms with E-state index in [1.165, 1.54) is 0 Å². The van der Waals surface area contributed by atoms with Crippen LogP contribution in [0.5, 0.6) is 5.75 Å². The van der Waals surface area contributed by atoms with Gasteiger partial charge in [0.25, 0.3) is 0 Å². The molecule has 0 spiro atoms. The lowest BCUT2D eigenvalue weighted by Gasteiger charge is -2.39. The molecule has 4 rings (SSSR count). The smallest absolute Gasteiger partial charge is 0.243 e. The normalized spacial score (nSPS) is 18.7. The molecule has 1 unspecified atom stereocenters. The molecule has 2 aliphatic heterocycles. The number of piperazine rings is 2. The van der Waals surface area contributed by atoms with Gasteiger partial charge in [0.1, 0.15) is 11.8 Å². The van der Waals surface area contributed by atoms with Gasteiger partial charge < -0.3 is 25.2 Å². The lowest BCUT2D eigenvalue weighted by Crippen LogP contribution is -2.60. The van der Waals surface area contributed by atoms with Gasteiger partial charge in [-0.15, -0.1) is 0 Å². The summed E-state index contributed by atoms with van der Waals surface area (Å²) in [6.45, 7) is 6.06. The number of carbonyl (C=O) groups excluding carboxylic acids is 3. The largest absolute Gasteiger partial charge is 0.497 e. The van der Waals surface area contributed by atoms with E-state index < -0.39 is 6.04 Å². The second-order valence-electron chi connectivity index (χ2n) is 8.98. The van der Waals surface area contributed by atoms with Crippen LogP contribution in [0.25, 0.3) is 0 Å². The zero-order chi connectivity index (χ0) is 24.8. The molecule has 0 saturated carbocycles. The average Bonchev–Trinajstić information content (AvgIpc) is 2.87. The minimum Gasteiger partial charge on any atom is -0.497 e. The van der Waals surface area contributed by atoms with E-state index in [2.05, 4.69) is 26.5 Å². The number of ether oxygens (including phenoxy) is 1. The van der Waals surface area contributed by atoms with Crippen molar-refractivity contribution in [3.63, 3.8) is 0 Å². The number of methoxy groups -OCH3 is 1. The van der Waals surface area contributed by atoms with Gasteiger partial charge in [-0.3, -0.25) is 19.3 Å². The standard InChI is InChI=1S/C26H33N5O4/c1-19-6-8-20(9-7-19)28-24(32)17-23-26(34)27-10-11-31(23)25(33)18-29-12-14-30(15-13-29)21-4-3-5-22(16-21)35-2/h3-9,16,23H,10-15,17-18H2,1-2H3,(H,27,34)(H,28,32). The highest BCUT2D eigenvalue weighted by Crippen LogP contribution is 2.22. The third kappa shape index (κ3) is 6.30. The summed E-state index contributed by atoms with van der Waals surface area (Å²) in [5.74, 6) is 0.121. The number of rotatable bonds is 7. The van der Waals surface area contributed by atoms with Crippen LogP contribution in [-0.4, -0.2) is 86.5 Å². The van der Waals surface area contributed by atoms with Crippen LogP contribution in [0.15, 0.2) is 48.5 Å². The van der Waals surface area contributed by atoms with E-state index in [-0.39, 0.29) is 30.7 Å². The van der Waals surface area contributed by atoms with Gasteiger partial charge >= 0.3 is 0 Å². The summed E-state index contributed by atoms with van der Waals surface area (Å²) in [5, 5.41) is 5.61. The van der Waals surface area contributed by atoms with E-state index in [0.717, 1.165) is 43.2 Å². The van der Waals surface area contributed by atoms with Gasteiger partial charge in [-0.05, 0) is 31.2 Å². The Morgan fingerprint density at radius 1 is 1.06 bits per heavy atom. The molecule has 0 aliphatic carbocycles. The maximum absolute atomic E-state index is 13.2. The first kappa shape index (κ1) is 24.5. The Labute approximate surface area is 206 Å². The van der Waals surface area contributed by atoms with Gasteiger partial charge in [0, 0.05) is 56.7 Å². The Morgan fingerprint density at radius 3 is 2.51 bits per heavy atom. The number of nitrogens with one attached hydrogen (secondary N) is 2. The van der Waals surface area contributed by atoms with Crippen molar-refractivity contribution < 1.29 is 19.1 Å². The fourth-order valence-corrected chi connectivity index (χ4v) is 4.49. The molecular weight excluding hydrogens is 446 g/mol. The number of benzene rings is 2. The Kier molecular flexibility index (Phi) is 7.87. The van der Waals surface area contributed by atoms with E-state index in [9.17, 15) is 14.4 Å². The highest BCUT2D eigenvalue weighted by Gasteiger charge is 2.35. The lowest BCUT2D eigenvalue weighted by molar-refractivity contribution is -0.145. The van der Waals surface area contributed by atoms with E-state index in [1.807, 2.05) is 49.4 Å². The zero-order valence-electron chi connectivity index (χ0n) is 20.3. The lowest BCUT2D eigenvalue weighted by atomic mass is 10.1. The molecule has 186 valence electrons. The van der Waals surface area contributed by atoms with Gasteiger partial charge in [0.15, 0.2) is 0 Å². The molecule has 2 N–H and O–H groups in total. The summed E-state index contributed by atoms with van der Waals surface area (Å²) in [5.41, 5.74) is 2.86. The first-order valence-corrected chi connectivity index (χ1v) is 12.0. The van der Waals surface area contributed by atoms with Crippen LogP contribution in [0.3, 0.4) is 0 Å². The number of hydrogen-bond acceptors (Lipinski definition) is 6. The number of nitrogens with zero attached hydrogens (tertiary/aromatic N) is 3. The van der Waals surface area contributed by atoms with Crippen molar-refractivity contribution in [1.82, 2.24) is 15.1 Å². The van der Waals surface area contributed by atoms with E-state index in [1.54, 1.807) is 12.0 Å². The van der Waals surface area contributed by atoms with Crippen LogP contribution in [0.2, 0.25) is 0 Å². The fraction of sp³-hybridized carbons (Fsp3) is 0.423. The van der Waals surface area contributed by atoms with Crippen molar-refractivity contribution in [3.8, 4) is 5.75 Å². The molecule has 0 aromatic heterocycles. The molecule has 2 saturated heterocycles. The molecule has 0 radical (unpaired) electrons. The topological polar surface area (TPSA) is 94.2 Å². The minimum absolute atomic E-state index is 0.0743. The van der Waals surface area contributed by atoms with Crippen LogP contribution in [0, 0.1) is 6.92 Å². The monoisotopic (exact) mass is 479 g/mol. The summed E-state index contributed by atoms with van der Waals surface area (Å²) in [4.78, 5) is 44.3. The molecule has 9 nitrogen and oxygen atoms in total. The summed E-state index contributed by atoms with van der Waals surface area (Å²) >= 11 is 0. The van der Waals surface area contributed by atoms with E-state index in [4.69, 9.17) is 4.74 Å². The van der Waals surface area contributed by atoms with Crippen molar-refractivity contribution >= 4 is 29.1 Å². The fourth-order valence-electron chi connectivity index (χ4n) is 4.49. The highest BCUT2D eigenvalue weighted by atomic mass is 16.5. The SMILES string of the molecule is COc1cccc(N2CCN(CC(=O)N3CCNC(=O)C3CC(=O)Nc3ccc(C)cc3)CC2)c1. The molecule has 2 aliphatic rings. The molecule has 2 aromatic carbocycles. The van der Waals surface area contributed by atoms with E-state index in [0.29, 0.717) is 18.8 Å². The van der Waals surface area contributed by atoms with Gasteiger partial charge in [-0.2, -0.15) is 0 Å². The summed E-state index contributed by atoms with van der Waals surface area (Å²) in [6, 6.07) is 14.6. The van der Waals surface area contributed by atoms with Gasteiger partial charge in [0.05, 0.1) is 20.1 Å². The summed E-state index contributed by atoms with van der Waals surface area (Å²) < 4.78 is 5.32. The van der Waals surface area contributed by atoms with Gasteiger partial charge in [-0.25, -0.2) is 0 Å². The predicted octanol–water partition coefficient (Wildman–Crippen LogP) is 1.48. The van der Waals surface area contributed by atoms with Crippen molar-refractivity contribution in [2.75, 3.05) is 63.1 Å². The first-order chi connectivity index (χ1) is 16.9. The Balaban J connectivity index is 1.32. The van der Waals surface area contributed by atoms with Gasteiger partial charge in [0.2, 0.25) is 17.7 Å². The number of amides is 3. The second-order valence-corrected chi connectivity index (χ2v) is 8.98. The molecule has 2 aromatic rings. The first-order valence-electron chi connectivity index (χ1n) is 12.0. The van der Waals surface area contributed by atoms with E-state index >= 15 is 0 Å². The third-order valence-corrected chi connectivity index (χ3v) is 6.51. The van der Waals surface area contributed by atoms with Crippen molar-refractivity contribution in [1.29, 1.82) is 0 Å². The van der Waals surface area contributed by atoms with Crippen LogP contribution in [0.1, 0.15) is 12.0 Å². The maximum atomic E-state index is 13.2. The quantitative estimate of drug-likeness (QED) is 0.625. The third-order valence-electron chi connectivity index (χ3n) is 6.51. The predicted molar refractivity (Wildman–Crippen MR) is 135 cm³/mol. The van der Waals surface area contributed by atoms with Crippen LogP contribution >= 0.6 is 0 Å². The zero-order valence-corrected chi connectivity index (χ0v) is 20.3. The summed E-state index contributed by atoms with van der Waals surface area (Å²) in [6.07, 6.45) is -0.0743. The summed E-state index contributed by atoms with van der Waals surface area (Å²) in [7, 11) is 1.66. The van der Waals surface area contributed by atoms with Crippen LogP contribution < -0.4 is 20.3 Å². The molecule has 9 heteroatoms.